The van der Waals surface area contributed by atoms with Gasteiger partial charge in [0.15, 0.2) is 0 Å². The van der Waals surface area contributed by atoms with Gasteiger partial charge in [-0.15, -0.1) is 0 Å². The highest BCUT2D eigenvalue weighted by atomic mass is 19.1. The first kappa shape index (κ1) is 27.0. The van der Waals surface area contributed by atoms with Gasteiger partial charge in [-0.3, -0.25) is 14.8 Å². The third-order valence-electron chi connectivity index (χ3n) is 6.48. The Kier molecular flexibility index (Phi) is 9.27. The zero-order valence-electron chi connectivity index (χ0n) is 20.0. The van der Waals surface area contributed by atoms with Gasteiger partial charge in [0.1, 0.15) is 17.2 Å². The van der Waals surface area contributed by atoms with Crippen LogP contribution in [0.4, 0.5) is 8.78 Å². The summed E-state index contributed by atoms with van der Waals surface area (Å²) in [7, 11) is 1.56. The Bertz CT molecular complexity index is 1100. The molecule has 8 heteroatoms. The highest BCUT2D eigenvalue weighted by molar-refractivity contribution is 5.92. The second-order valence-corrected chi connectivity index (χ2v) is 8.63. The summed E-state index contributed by atoms with van der Waals surface area (Å²) in [6, 6.07) is 18.9. The number of hydrogen-bond donors (Lipinski definition) is 3. The maximum atomic E-state index is 13.9. The second kappa shape index (κ2) is 12.4. The monoisotopic (exact) mass is 496 g/mol. The fourth-order valence-electron chi connectivity index (χ4n) is 4.69. The molecule has 0 aliphatic carbocycles. The van der Waals surface area contributed by atoms with Gasteiger partial charge in [-0.25, -0.2) is 14.3 Å². The standard InChI is InChI=1S/C28H30F2N2O4/c1-36-28(21-11-15-23(29)16-12-21,22-13-17-24(30)18-14-22)25(5-3-2-4-6-26(33)32-35)19-7-9-20(10-8-19)27(31)34/h7-18,25,35H,2-6H2,1H3,(H2,31,34)(H,32,33). The predicted octanol–water partition coefficient (Wildman–Crippen LogP) is 5.19. The lowest BCUT2D eigenvalue weighted by atomic mass is 9.70. The molecule has 36 heavy (non-hydrogen) atoms. The number of rotatable bonds is 12. The van der Waals surface area contributed by atoms with Crippen molar-refractivity contribution in [2.75, 3.05) is 7.11 Å². The van der Waals surface area contributed by atoms with Crippen molar-refractivity contribution in [3.8, 4) is 0 Å². The molecule has 0 aromatic heterocycles. The fourth-order valence-corrected chi connectivity index (χ4v) is 4.69. The number of amides is 2. The number of hydrogen-bond acceptors (Lipinski definition) is 4. The molecule has 4 N–H and O–H groups in total. The first-order chi connectivity index (χ1) is 17.3. The number of primary amides is 1. The Morgan fingerprint density at radius 3 is 1.86 bits per heavy atom. The second-order valence-electron chi connectivity index (χ2n) is 8.63. The zero-order chi connectivity index (χ0) is 26.1. The third-order valence-corrected chi connectivity index (χ3v) is 6.48. The molecule has 2 amide bonds. The topological polar surface area (TPSA) is 102 Å². The van der Waals surface area contributed by atoms with Crippen molar-refractivity contribution in [2.45, 2.75) is 43.6 Å². The van der Waals surface area contributed by atoms with E-state index >= 15 is 0 Å². The molecule has 0 spiro atoms. The van der Waals surface area contributed by atoms with E-state index in [1.165, 1.54) is 24.3 Å². The Labute approximate surface area is 209 Å². The number of ether oxygens (including phenoxy) is 1. The smallest absolute Gasteiger partial charge is 0.248 e. The van der Waals surface area contributed by atoms with Crippen LogP contribution in [0.25, 0.3) is 0 Å². The summed E-state index contributed by atoms with van der Waals surface area (Å²) < 4.78 is 34.0. The minimum Gasteiger partial charge on any atom is -0.368 e. The summed E-state index contributed by atoms with van der Waals surface area (Å²) in [5.41, 5.74) is 8.52. The number of unbranched alkanes of at least 4 members (excludes halogenated alkanes) is 2. The molecule has 190 valence electrons. The summed E-state index contributed by atoms with van der Waals surface area (Å²) in [5.74, 6) is -2.11. The van der Waals surface area contributed by atoms with Crippen molar-refractivity contribution in [3.05, 3.63) is 107 Å². The van der Waals surface area contributed by atoms with Crippen LogP contribution in [0.3, 0.4) is 0 Å². The molecule has 6 nitrogen and oxygen atoms in total. The molecule has 0 radical (unpaired) electrons. The summed E-state index contributed by atoms with van der Waals surface area (Å²) in [6.07, 6.45) is 2.77. The van der Waals surface area contributed by atoms with Gasteiger partial charge < -0.3 is 10.5 Å². The van der Waals surface area contributed by atoms with E-state index in [9.17, 15) is 18.4 Å². The lowest BCUT2D eigenvalue weighted by Gasteiger charge is -2.41. The van der Waals surface area contributed by atoms with Crippen LogP contribution < -0.4 is 11.2 Å². The summed E-state index contributed by atoms with van der Waals surface area (Å²) in [4.78, 5) is 23.0. The van der Waals surface area contributed by atoms with Gasteiger partial charge in [0.2, 0.25) is 11.8 Å². The molecule has 1 atom stereocenters. The van der Waals surface area contributed by atoms with E-state index in [2.05, 4.69) is 0 Å². The first-order valence-corrected chi connectivity index (χ1v) is 11.7. The number of carbonyl (C=O) groups is 2. The van der Waals surface area contributed by atoms with Crippen molar-refractivity contribution in [1.29, 1.82) is 0 Å². The molecular weight excluding hydrogens is 466 g/mol. The van der Waals surface area contributed by atoms with E-state index in [1.807, 2.05) is 12.1 Å². The molecule has 0 fully saturated rings. The van der Waals surface area contributed by atoms with Crippen LogP contribution in [0.5, 0.6) is 0 Å². The number of hydroxylamine groups is 1. The highest BCUT2D eigenvalue weighted by Crippen LogP contribution is 2.48. The largest absolute Gasteiger partial charge is 0.368 e. The van der Waals surface area contributed by atoms with E-state index < -0.39 is 29.0 Å². The van der Waals surface area contributed by atoms with Gasteiger partial charge in [-0.1, -0.05) is 49.2 Å². The van der Waals surface area contributed by atoms with Crippen LogP contribution in [-0.4, -0.2) is 24.1 Å². The lowest BCUT2D eigenvalue weighted by Crippen LogP contribution is -2.37. The SMILES string of the molecule is COC(c1ccc(F)cc1)(c1ccc(F)cc1)C(CCCCCC(=O)NO)c1ccc(C(N)=O)cc1. The van der Waals surface area contributed by atoms with Crippen LogP contribution >= 0.6 is 0 Å². The summed E-state index contributed by atoms with van der Waals surface area (Å²) in [5, 5.41) is 8.72. The van der Waals surface area contributed by atoms with Crippen molar-refractivity contribution >= 4 is 11.8 Å². The van der Waals surface area contributed by atoms with Gasteiger partial charge in [-0.05, 0) is 65.9 Å². The van der Waals surface area contributed by atoms with E-state index in [4.69, 9.17) is 15.7 Å². The molecule has 0 saturated heterocycles. The molecule has 0 aliphatic heterocycles. The number of nitrogens with one attached hydrogen (secondary N) is 1. The van der Waals surface area contributed by atoms with Crippen molar-refractivity contribution in [2.24, 2.45) is 5.73 Å². The highest BCUT2D eigenvalue weighted by Gasteiger charge is 2.43. The molecule has 0 aliphatic rings. The van der Waals surface area contributed by atoms with Crippen molar-refractivity contribution < 1.29 is 28.3 Å². The summed E-state index contributed by atoms with van der Waals surface area (Å²) in [6.45, 7) is 0. The van der Waals surface area contributed by atoms with Crippen LogP contribution in [0.15, 0.2) is 72.8 Å². The average Bonchev–Trinajstić information content (AvgIpc) is 2.89. The first-order valence-electron chi connectivity index (χ1n) is 11.7. The maximum Gasteiger partial charge on any atom is 0.248 e. The molecule has 3 aromatic carbocycles. The number of nitrogens with two attached hydrogens (primary N) is 1. The number of benzene rings is 3. The van der Waals surface area contributed by atoms with E-state index in [0.717, 1.165) is 5.56 Å². The van der Waals surface area contributed by atoms with Crippen LogP contribution in [0.2, 0.25) is 0 Å². The molecule has 0 bridgehead atoms. The van der Waals surface area contributed by atoms with E-state index in [1.54, 1.807) is 49.0 Å². The van der Waals surface area contributed by atoms with Gasteiger partial charge in [0.25, 0.3) is 0 Å². The van der Waals surface area contributed by atoms with E-state index in [0.29, 0.717) is 42.4 Å². The lowest BCUT2D eigenvalue weighted by molar-refractivity contribution is -0.129. The molecule has 1 unspecified atom stereocenters. The zero-order valence-corrected chi connectivity index (χ0v) is 20.0. The molecular formula is C28H30F2N2O4. The van der Waals surface area contributed by atoms with Crippen molar-refractivity contribution in [1.82, 2.24) is 5.48 Å². The Balaban J connectivity index is 2.09. The van der Waals surface area contributed by atoms with Crippen LogP contribution in [0, 0.1) is 11.6 Å². The summed E-state index contributed by atoms with van der Waals surface area (Å²) >= 11 is 0. The fraction of sp³-hybridized carbons (Fsp3) is 0.286. The number of halogens is 2. The van der Waals surface area contributed by atoms with Gasteiger partial charge in [-0.2, -0.15) is 0 Å². The van der Waals surface area contributed by atoms with E-state index in [-0.39, 0.29) is 12.3 Å². The minimum atomic E-state index is -1.11. The Morgan fingerprint density at radius 1 is 0.889 bits per heavy atom. The Morgan fingerprint density at radius 2 is 1.42 bits per heavy atom. The van der Waals surface area contributed by atoms with Crippen LogP contribution in [0.1, 0.15) is 65.1 Å². The minimum absolute atomic E-state index is 0.194. The molecule has 0 saturated carbocycles. The third kappa shape index (κ3) is 6.13. The molecule has 0 heterocycles. The maximum absolute atomic E-state index is 13.9. The van der Waals surface area contributed by atoms with Crippen LogP contribution in [-0.2, 0) is 15.1 Å². The normalized spacial score (nSPS) is 12.2. The van der Waals surface area contributed by atoms with Crippen molar-refractivity contribution in [3.63, 3.8) is 0 Å². The molecule has 3 aromatic rings. The number of methoxy groups -OCH3 is 1. The predicted molar refractivity (Wildman–Crippen MR) is 131 cm³/mol. The molecule has 3 rings (SSSR count). The van der Waals surface area contributed by atoms with Gasteiger partial charge >= 0.3 is 0 Å². The van der Waals surface area contributed by atoms with Gasteiger partial charge in [0, 0.05) is 25.0 Å². The average molecular weight is 497 g/mol. The Hall–Kier alpha value is -3.62. The quantitative estimate of drug-likeness (QED) is 0.182. The number of carbonyl (C=O) groups excluding carboxylic acids is 2. The van der Waals surface area contributed by atoms with Gasteiger partial charge in [0.05, 0.1) is 0 Å².